The zero-order valence-electron chi connectivity index (χ0n) is 13.0. The van der Waals surface area contributed by atoms with E-state index >= 15 is 0 Å². The third-order valence-corrected chi connectivity index (χ3v) is 4.44. The first-order valence-electron chi connectivity index (χ1n) is 7.56. The number of thioether (sulfide) groups is 1. The van der Waals surface area contributed by atoms with E-state index < -0.39 is 0 Å². The molecule has 0 amide bonds. The molecule has 0 saturated carbocycles. The van der Waals surface area contributed by atoms with E-state index in [2.05, 4.69) is 22.2 Å². The minimum absolute atomic E-state index is 0.0838. The number of hydrogen-bond acceptors (Lipinski definition) is 5. The van der Waals surface area contributed by atoms with Crippen molar-refractivity contribution in [1.82, 2.24) is 24.5 Å². The van der Waals surface area contributed by atoms with E-state index in [0.29, 0.717) is 5.82 Å². The van der Waals surface area contributed by atoms with Gasteiger partial charge in [0, 0.05) is 24.1 Å². The molecule has 23 heavy (non-hydrogen) atoms. The van der Waals surface area contributed by atoms with Gasteiger partial charge in [-0.05, 0) is 18.6 Å². The fourth-order valence-corrected chi connectivity index (χ4v) is 3.19. The molecule has 120 valence electrons. The molecule has 0 unspecified atom stereocenters. The molecular formula is C16H19N5OS. The summed E-state index contributed by atoms with van der Waals surface area (Å²) in [6, 6.07) is 10.0. The van der Waals surface area contributed by atoms with Crippen molar-refractivity contribution in [2.24, 2.45) is 0 Å². The summed E-state index contributed by atoms with van der Waals surface area (Å²) in [5.41, 5.74) is 2.16. The van der Waals surface area contributed by atoms with Crippen LogP contribution in [0.15, 0.2) is 47.9 Å². The lowest BCUT2D eigenvalue weighted by Crippen LogP contribution is -2.04. The number of hydrogen-bond donors (Lipinski definition) is 1. The minimum atomic E-state index is -0.0838. The molecule has 6 nitrogen and oxygen atoms in total. The molecule has 3 rings (SSSR count). The van der Waals surface area contributed by atoms with E-state index in [1.807, 2.05) is 52.0 Å². The van der Waals surface area contributed by atoms with Gasteiger partial charge in [-0.15, -0.1) is 10.2 Å². The van der Waals surface area contributed by atoms with E-state index in [-0.39, 0.29) is 6.61 Å². The highest BCUT2D eigenvalue weighted by Gasteiger charge is 2.11. The Morgan fingerprint density at radius 1 is 1.17 bits per heavy atom. The molecule has 3 aromatic rings. The van der Waals surface area contributed by atoms with E-state index in [1.54, 1.807) is 11.8 Å². The number of aliphatic hydroxyl groups excluding tert-OH is 1. The second-order valence-electron chi connectivity index (χ2n) is 5.13. The van der Waals surface area contributed by atoms with Crippen LogP contribution in [0.3, 0.4) is 0 Å². The number of aliphatic hydroxyl groups is 1. The summed E-state index contributed by atoms with van der Waals surface area (Å²) in [5, 5.41) is 22.8. The molecule has 7 heteroatoms. The number of para-hydroxylation sites is 1. The highest BCUT2D eigenvalue weighted by molar-refractivity contribution is 7.98. The van der Waals surface area contributed by atoms with E-state index in [1.165, 1.54) is 0 Å². The van der Waals surface area contributed by atoms with Crippen molar-refractivity contribution in [3.8, 4) is 5.69 Å². The first kappa shape index (κ1) is 15.8. The predicted octanol–water partition coefficient (Wildman–Crippen LogP) is 2.66. The molecule has 0 fully saturated rings. The lowest BCUT2D eigenvalue weighted by molar-refractivity contribution is 0.263. The number of rotatable bonds is 7. The molecule has 2 heterocycles. The Hall–Kier alpha value is -2.12. The SMILES string of the molecule is CCCn1c(CO)nnc1SCc1cnn(-c2ccccc2)c1. The molecule has 0 atom stereocenters. The van der Waals surface area contributed by atoms with Crippen molar-refractivity contribution in [3.05, 3.63) is 54.1 Å². The van der Waals surface area contributed by atoms with Crippen LogP contribution in [0.5, 0.6) is 0 Å². The Morgan fingerprint density at radius 3 is 2.74 bits per heavy atom. The predicted molar refractivity (Wildman–Crippen MR) is 89.4 cm³/mol. The Labute approximate surface area is 139 Å². The van der Waals surface area contributed by atoms with Crippen LogP contribution in [0.25, 0.3) is 5.69 Å². The Balaban J connectivity index is 1.70. The van der Waals surface area contributed by atoms with E-state index in [4.69, 9.17) is 0 Å². The van der Waals surface area contributed by atoms with Crippen molar-refractivity contribution < 1.29 is 5.11 Å². The van der Waals surface area contributed by atoms with Crippen LogP contribution in [0.1, 0.15) is 24.7 Å². The summed E-state index contributed by atoms with van der Waals surface area (Å²) in [7, 11) is 0. The highest BCUT2D eigenvalue weighted by atomic mass is 32.2. The maximum Gasteiger partial charge on any atom is 0.191 e. The topological polar surface area (TPSA) is 68.8 Å². The fraction of sp³-hybridized carbons (Fsp3) is 0.312. The molecule has 0 radical (unpaired) electrons. The van der Waals surface area contributed by atoms with Gasteiger partial charge in [0.1, 0.15) is 6.61 Å². The zero-order chi connectivity index (χ0) is 16.1. The molecule has 0 aliphatic heterocycles. The van der Waals surface area contributed by atoms with Crippen LogP contribution in [-0.2, 0) is 18.9 Å². The summed E-state index contributed by atoms with van der Waals surface area (Å²) in [6.45, 7) is 2.83. The average Bonchev–Trinajstić information content (AvgIpc) is 3.21. The number of nitrogens with zero attached hydrogens (tertiary/aromatic N) is 5. The average molecular weight is 329 g/mol. The van der Waals surface area contributed by atoms with Crippen molar-refractivity contribution >= 4 is 11.8 Å². The Bertz CT molecular complexity index is 753. The smallest absolute Gasteiger partial charge is 0.191 e. The van der Waals surface area contributed by atoms with Crippen molar-refractivity contribution in [2.75, 3.05) is 0 Å². The van der Waals surface area contributed by atoms with E-state index in [0.717, 1.165) is 35.1 Å². The summed E-state index contributed by atoms with van der Waals surface area (Å²) >= 11 is 1.61. The first-order chi connectivity index (χ1) is 11.3. The van der Waals surface area contributed by atoms with Gasteiger partial charge in [0.05, 0.1) is 11.9 Å². The van der Waals surface area contributed by atoms with Gasteiger partial charge in [-0.1, -0.05) is 36.9 Å². The normalized spacial score (nSPS) is 11.0. The van der Waals surface area contributed by atoms with Gasteiger partial charge < -0.3 is 9.67 Å². The van der Waals surface area contributed by atoms with Crippen LogP contribution < -0.4 is 0 Å². The van der Waals surface area contributed by atoms with Gasteiger partial charge in [0.25, 0.3) is 0 Å². The lowest BCUT2D eigenvalue weighted by atomic mass is 10.3. The van der Waals surface area contributed by atoms with Crippen LogP contribution in [0, 0.1) is 0 Å². The molecule has 1 aromatic carbocycles. The van der Waals surface area contributed by atoms with Gasteiger partial charge in [-0.3, -0.25) is 0 Å². The Morgan fingerprint density at radius 2 is 2.00 bits per heavy atom. The van der Waals surface area contributed by atoms with Crippen LogP contribution in [0.4, 0.5) is 0 Å². The summed E-state index contributed by atoms with van der Waals surface area (Å²) in [4.78, 5) is 0. The third-order valence-electron chi connectivity index (χ3n) is 3.41. The van der Waals surface area contributed by atoms with Gasteiger partial charge in [0.15, 0.2) is 11.0 Å². The monoisotopic (exact) mass is 329 g/mol. The maximum absolute atomic E-state index is 9.33. The van der Waals surface area contributed by atoms with Crippen molar-refractivity contribution in [3.63, 3.8) is 0 Å². The van der Waals surface area contributed by atoms with Gasteiger partial charge >= 0.3 is 0 Å². The lowest BCUT2D eigenvalue weighted by Gasteiger charge is -2.06. The summed E-state index contributed by atoms with van der Waals surface area (Å²) < 4.78 is 3.85. The molecule has 0 saturated heterocycles. The van der Waals surface area contributed by atoms with Gasteiger partial charge in [-0.2, -0.15) is 5.10 Å². The minimum Gasteiger partial charge on any atom is -0.388 e. The highest BCUT2D eigenvalue weighted by Crippen LogP contribution is 2.22. The van der Waals surface area contributed by atoms with Crippen LogP contribution >= 0.6 is 11.8 Å². The summed E-state index contributed by atoms with van der Waals surface area (Å²) in [6.07, 6.45) is 4.87. The molecule has 1 N–H and O–H groups in total. The largest absolute Gasteiger partial charge is 0.388 e. The first-order valence-corrected chi connectivity index (χ1v) is 8.55. The molecule has 0 spiro atoms. The quantitative estimate of drug-likeness (QED) is 0.675. The van der Waals surface area contributed by atoms with Gasteiger partial charge in [0.2, 0.25) is 0 Å². The Kier molecular flexibility index (Phi) is 5.09. The second-order valence-corrected chi connectivity index (χ2v) is 6.07. The molecule has 0 aliphatic carbocycles. The molecule has 0 bridgehead atoms. The standard InChI is InChI=1S/C16H19N5OS/c1-2-8-20-15(11-22)18-19-16(20)23-12-13-9-17-21(10-13)14-6-4-3-5-7-14/h3-7,9-10,22H,2,8,11-12H2,1H3. The molecule has 0 aliphatic rings. The van der Waals surface area contributed by atoms with Crippen molar-refractivity contribution in [2.45, 2.75) is 37.4 Å². The van der Waals surface area contributed by atoms with Gasteiger partial charge in [-0.25, -0.2) is 4.68 Å². The third kappa shape index (κ3) is 3.62. The zero-order valence-corrected chi connectivity index (χ0v) is 13.8. The number of benzene rings is 1. The maximum atomic E-state index is 9.33. The molecular weight excluding hydrogens is 310 g/mol. The number of aromatic nitrogens is 5. The van der Waals surface area contributed by atoms with Crippen LogP contribution in [-0.4, -0.2) is 29.7 Å². The van der Waals surface area contributed by atoms with Crippen molar-refractivity contribution in [1.29, 1.82) is 0 Å². The summed E-state index contributed by atoms with van der Waals surface area (Å²) in [5.74, 6) is 1.38. The van der Waals surface area contributed by atoms with E-state index in [9.17, 15) is 5.11 Å². The van der Waals surface area contributed by atoms with Crippen LogP contribution in [0.2, 0.25) is 0 Å². The molecule has 2 aromatic heterocycles. The fourth-order valence-electron chi connectivity index (χ4n) is 2.30. The second kappa shape index (κ2) is 7.43.